The zero-order valence-corrected chi connectivity index (χ0v) is 18.2. The first-order chi connectivity index (χ1) is 14.6. The first-order valence-electron chi connectivity index (χ1n) is 9.77. The summed E-state index contributed by atoms with van der Waals surface area (Å²) in [7, 11) is 5.10. The molecular weight excluding hydrogens is 398 g/mol. The van der Waals surface area contributed by atoms with Crippen molar-refractivity contribution >= 4 is 17.5 Å². The lowest BCUT2D eigenvalue weighted by Gasteiger charge is -2.20. The Kier molecular flexibility index (Phi) is 6.21. The van der Waals surface area contributed by atoms with Gasteiger partial charge in [0, 0.05) is 48.1 Å². The molecule has 0 spiro atoms. The number of aromatic hydroxyl groups is 2. The maximum atomic E-state index is 13.2. The molecule has 1 heterocycles. The van der Waals surface area contributed by atoms with E-state index in [1.807, 2.05) is 31.1 Å². The SMILES string of the molecule is C=C(CN(C)C)C(=O)Nc1cccc2c1CN(C(=O)c1c(O)cc(O)c(C)c1OC)C2. The van der Waals surface area contributed by atoms with Gasteiger partial charge in [-0.15, -0.1) is 0 Å². The molecule has 8 heteroatoms. The average molecular weight is 425 g/mol. The highest BCUT2D eigenvalue weighted by Crippen LogP contribution is 2.40. The number of phenols is 2. The Bertz CT molecular complexity index is 1060. The zero-order chi connectivity index (χ0) is 22.9. The van der Waals surface area contributed by atoms with Crippen molar-refractivity contribution in [3.05, 3.63) is 58.7 Å². The quantitative estimate of drug-likeness (QED) is 0.615. The number of carbonyl (C=O) groups excluding carboxylic acids is 2. The molecule has 8 nitrogen and oxygen atoms in total. The molecule has 2 amide bonds. The van der Waals surface area contributed by atoms with Gasteiger partial charge in [0.25, 0.3) is 11.8 Å². The second-order valence-electron chi connectivity index (χ2n) is 7.85. The van der Waals surface area contributed by atoms with Crippen LogP contribution in [0, 0.1) is 6.92 Å². The van der Waals surface area contributed by atoms with Gasteiger partial charge in [0.1, 0.15) is 22.8 Å². The van der Waals surface area contributed by atoms with E-state index in [9.17, 15) is 19.8 Å². The number of hydrogen-bond donors (Lipinski definition) is 3. The van der Waals surface area contributed by atoms with E-state index in [-0.39, 0.29) is 35.3 Å². The Morgan fingerprint density at radius 2 is 1.94 bits per heavy atom. The van der Waals surface area contributed by atoms with Gasteiger partial charge < -0.3 is 30.1 Å². The van der Waals surface area contributed by atoms with Gasteiger partial charge in [-0.25, -0.2) is 0 Å². The molecule has 0 bridgehead atoms. The summed E-state index contributed by atoms with van der Waals surface area (Å²) in [5, 5.41) is 23.1. The van der Waals surface area contributed by atoms with Crippen molar-refractivity contribution in [1.29, 1.82) is 0 Å². The Morgan fingerprint density at radius 1 is 1.23 bits per heavy atom. The van der Waals surface area contributed by atoms with Gasteiger partial charge in [0.15, 0.2) is 0 Å². The average Bonchev–Trinajstić information content (AvgIpc) is 3.14. The van der Waals surface area contributed by atoms with Crippen LogP contribution in [0.3, 0.4) is 0 Å². The van der Waals surface area contributed by atoms with Gasteiger partial charge >= 0.3 is 0 Å². The lowest BCUT2D eigenvalue weighted by atomic mass is 10.1. The number of benzene rings is 2. The van der Waals surface area contributed by atoms with Gasteiger partial charge in [-0.2, -0.15) is 0 Å². The molecule has 3 rings (SSSR count). The summed E-state index contributed by atoms with van der Waals surface area (Å²) in [6.07, 6.45) is 0. The summed E-state index contributed by atoms with van der Waals surface area (Å²) in [6, 6.07) is 6.64. The number of nitrogens with one attached hydrogen (secondary N) is 1. The molecular formula is C23H27N3O5. The Hall–Kier alpha value is -3.52. The molecule has 0 atom stereocenters. The first-order valence-corrected chi connectivity index (χ1v) is 9.77. The maximum Gasteiger partial charge on any atom is 0.262 e. The standard InChI is InChI=1S/C23H27N3O5/c1-13(10-25(3)4)22(29)24-17-8-6-7-15-11-26(12-16(15)17)23(30)20-19(28)9-18(27)14(2)21(20)31-5/h6-9,27-28H,1,10-12H2,2-5H3,(H,24,29). The molecule has 31 heavy (non-hydrogen) atoms. The number of hydrogen-bond acceptors (Lipinski definition) is 6. The number of nitrogens with zero attached hydrogens (tertiary/aromatic N) is 2. The summed E-state index contributed by atoms with van der Waals surface area (Å²) in [5.74, 6) is -1.08. The lowest BCUT2D eigenvalue weighted by molar-refractivity contribution is -0.113. The topological polar surface area (TPSA) is 102 Å². The smallest absolute Gasteiger partial charge is 0.262 e. The second-order valence-corrected chi connectivity index (χ2v) is 7.85. The van der Waals surface area contributed by atoms with Gasteiger partial charge in [-0.05, 0) is 32.6 Å². The van der Waals surface area contributed by atoms with Crippen molar-refractivity contribution in [2.45, 2.75) is 20.0 Å². The number of methoxy groups -OCH3 is 1. The number of phenolic OH excluding ortho intramolecular Hbond substituents is 2. The molecule has 0 unspecified atom stereocenters. The molecule has 0 radical (unpaired) electrons. The molecule has 2 aromatic rings. The number of amides is 2. The Labute approximate surface area is 181 Å². The van der Waals surface area contributed by atoms with Crippen molar-refractivity contribution in [2.75, 3.05) is 33.1 Å². The van der Waals surface area contributed by atoms with Crippen LogP contribution in [0.25, 0.3) is 0 Å². The third-order valence-electron chi connectivity index (χ3n) is 5.25. The van der Waals surface area contributed by atoms with Crippen LogP contribution >= 0.6 is 0 Å². The minimum Gasteiger partial charge on any atom is -0.507 e. The van der Waals surface area contributed by atoms with Crippen LogP contribution in [-0.2, 0) is 17.9 Å². The highest BCUT2D eigenvalue weighted by molar-refractivity contribution is 6.04. The fourth-order valence-electron chi connectivity index (χ4n) is 3.70. The van der Waals surface area contributed by atoms with E-state index in [0.717, 1.165) is 17.2 Å². The Morgan fingerprint density at radius 3 is 2.58 bits per heavy atom. The van der Waals surface area contributed by atoms with E-state index in [1.54, 1.807) is 17.9 Å². The van der Waals surface area contributed by atoms with Crippen LogP contribution in [-0.4, -0.2) is 59.6 Å². The van der Waals surface area contributed by atoms with Crippen LogP contribution in [0.5, 0.6) is 17.2 Å². The molecule has 1 aliphatic rings. The van der Waals surface area contributed by atoms with Crippen molar-refractivity contribution in [3.63, 3.8) is 0 Å². The van der Waals surface area contributed by atoms with Crippen molar-refractivity contribution in [2.24, 2.45) is 0 Å². The van der Waals surface area contributed by atoms with E-state index in [2.05, 4.69) is 11.9 Å². The normalized spacial score (nSPS) is 12.6. The van der Waals surface area contributed by atoms with E-state index >= 15 is 0 Å². The maximum absolute atomic E-state index is 13.2. The summed E-state index contributed by atoms with van der Waals surface area (Å²) >= 11 is 0. The Balaban J connectivity index is 1.86. The predicted octanol–water partition coefficient (Wildman–Crippen LogP) is 2.63. The third-order valence-corrected chi connectivity index (χ3v) is 5.25. The second kappa shape index (κ2) is 8.69. The molecule has 164 valence electrons. The number of rotatable bonds is 6. The van der Waals surface area contributed by atoms with Crippen LogP contribution in [0.2, 0.25) is 0 Å². The number of anilines is 1. The lowest BCUT2D eigenvalue weighted by Crippen LogP contribution is -2.26. The molecule has 0 saturated heterocycles. The highest BCUT2D eigenvalue weighted by Gasteiger charge is 2.31. The van der Waals surface area contributed by atoms with Crippen molar-refractivity contribution < 1.29 is 24.5 Å². The van der Waals surface area contributed by atoms with Crippen LogP contribution in [0.4, 0.5) is 5.69 Å². The van der Waals surface area contributed by atoms with Gasteiger partial charge in [0.05, 0.1) is 7.11 Å². The van der Waals surface area contributed by atoms with Crippen LogP contribution < -0.4 is 10.1 Å². The highest BCUT2D eigenvalue weighted by atomic mass is 16.5. The first kappa shape index (κ1) is 22.2. The largest absolute Gasteiger partial charge is 0.507 e. The van der Waals surface area contributed by atoms with Crippen molar-refractivity contribution in [3.8, 4) is 17.2 Å². The molecule has 2 aromatic carbocycles. The zero-order valence-electron chi connectivity index (χ0n) is 18.2. The third kappa shape index (κ3) is 4.34. The number of likely N-dealkylation sites (N-methyl/N-ethyl adjacent to an activating group) is 1. The molecule has 3 N–H and O–H groups in total. The van der Waals surface area contributed by atoms with Gasteiger partial charge in [0.2, 0.25) is 0 Å². The van der Waals surface area contributed by atoms with Crippen molar-refractivity contribution in [1.82, 2.24) is 9.80 Å². The molecule has 0 aliphatic carbocycles. The minimum atomic E-state index is -0.428. The fourth-order valence-corrected chi connectivity index (χ4v) is 3.70. The minimum absolute atomic E-state index is 0.00412. The van der Waals surface area contributed by atoms with E-state index in [4.69, 9.17) is 4.74 Å². The van der Waals surface area contributed by atoms with E-state index in [1.165, 1.54) is 7.11 Å². The molecule has 1 aliphatic heterocycles. The van der Waals surface area contributed by atoms with Crippen LogP contribution in [0.15, 0.2) is 36.4 Å². The number of fused-ring (bicyclic) bond motifs is 1. The van der Waals surface area contributed by atoms with E-state index in [0.29, 0.717) is 29.9 Å². The van der Waals surface area contributed by atoms with Gasteiger partial charge in [-0.3, -0.25) is 9.59 Å². The van der Waals surface area contributed by atoms with E-state index < -0.39 is 5.91 Å². The predicted molar refractivity (Wildman–Crippen MR) is 117 cm³/mol. The number of carbonyl (C=O) groups is 2. The molecule has 0 fully saturated rings. The molecule has 0 saturated carbocycles. The summed E-state index contributed by atoms with van der Waals surface area (Å²) in [5.41, 5.74) is 3.15. The van der Waals surface area contributed by atoms with Gasteiger partial charge in [-0.1, -0.05) is 18.7 Å². The number of ether oxygens (including phenoxy) is 1. The molecule has 0 aromatic heterocycles. The fraction of sp³-hybridized carbons (Fsp3) is 0.304. The summed E-state index contributed by atoms with van der Waals surface area (Å²) in [6.45, 7) is 6.45. The van der Waals surface area contributed by atoms with Crippen LogP contribution in [0.1, 0.15) is 27.0 Å². The summed E-state index contributed by atoms with van der Waals surface area (Å²) in [4.78, 5) is 29.1. The monoisotopic (exact) mass is 425 g/mol. The summed E-state index contributed by atoms with van der Waals surface area (Å²) < 4.78 is 5.29.